The summed E-state index contributed by atoms with van der Waals surface area (Å²) < 4.78 is 42.8. The van der Waals surface area contributed by atoms with E-state index in [9.17, 15) is 23.1 Å². The van der Waals surface area contributed by atoms with Gasteiger partial charge >= 0.3 is 6.18 Å². The number of benzene rings is 2. The first-order valence-electron chi connectivity index (χ1n) is 7.39. The predicted octanol–water partition coefficient (Wildman–Crippen LogP) is 2.98. The van der Waals surface area contributed by atoms with E-state index in [0.29, 0.717) is 11.3 Å². The molecule has 0 bridgehead atoms. The van der Waals surface area contributed by atoms with E-state index in [0.717, 1.165) is 12.1 Å². The van der Waals surface area contributed by atoms with Crippen molar-refractivity contribution < 1.29 is 27.8 Å². The molecule has 0 unspecified atom stereocenters. The Morgan fingerprint density at radius 1 is 1.27 bits per heavy atom. The molecule has 0 atom stereocenters. The number of carbonyl (C=O) groups is 1. The van der Waals surface area contributed by atoms with Gasteiger partial charge in [-0.1, -0.05) is 6.07 Å². The number of nitrogens with one attached hydrogen (secondary N) is 2. The van der Waals surface area contributed by atoms with Gasteiger partial charge in [0.05, 0.1) is 25.4 Å². The highest BCUT2D eigenvalue weighted by Gasteiger charge is 2.30. The minimum Gasteiger partial charge on any atom is -0.504 e. The molecule has 0 saturated heterocycles. The van der Waals surface area contributed by atoms with E-state index in [-0.39, 0.29) is 18.0 Å². The van der Waals surface area contributed by atoms with Gasteiger partial charge in [0.15, 0.2) is 11.5 Å². The van der Waals surface area contributed by atoms with E-state index >= 15 is 0 Å². The summed E-state index contributed by atoms with van der Waals surface area (Å²) in [6.07, 6.45) is -3.14. The third-order valence-electron chi connectivity index (χ3n) is 3.25. The number of hydrogen-bond donors (Lipinski definition) is 3. The molecule has 0 aliphatic heterocycles. The standard InChI is InChI=1S/C17H16F3N3O3/c1-26-15-6-5-11(7-14(15)24)9-22-23-16(25)10-21-13-4-2-3-12(8-13)17(18,19)20/h2-9,21,24H,10H2,1H3,(H,23,25)/b22-9+. The van der Waals surface area contributed by atoms with Crippen molar-refractivity contribution in [1.29, 1.82) is 0 Å². The van der Waals surface area contributed by atoms with Gasteiger partial charge in [0.25, 0.3) is 5.91 Å². The minimum absolute atomic E-state index is 0.0750. The maximum absolute atomic E-state index is 12.6. The van der Waals surface area contributed by atoms with Crippen LogP contribution in [0.1, 0.15) is 11.1 Å². The first-order valence-corrected chi connectivity index (χ1v) is 7.39. The SMILES string of the molecule is COc1ccc(/C=N/NC(=O)CNc2cccc(C(F)(F)F)c2)cc1O. The molecule has 1 amide bonds. The molecular weight excluding hydrogens is 351 g/mol. The fourth-order valence-corrected chi connectivity index (χ4v) is 1.99. The molecule has 2 rings (SSSR count). The van der Waals surface area contributed by atoms with Gasteiger partial charge in [0.1, 0.15) is 0 Å². The number of halogens is 3. The summed E-state index contributed by atoms with van der Waals surface area (Å²) >= 11 is 0. The number of anilines is 1. The summed E-state index contributed by atoms with van der Waals surface area (Å²) in [5.74, 6) is -0.318. The normalized spacial score (nSPS) is 11.4. The fourth-order valence-electron chi connectivity index (χ4n) is 1.99. The molecule has 0 saturated carbocycles. The number of carbonyl (C=O) groups excluding carboxylic acids is 1. The van der Waals surface area contributed by atoms with E-state index < -0.39 is 17.6 Å². The quantitative estimate of drug-likeness (QED) is 0.542. The van der Waals surface area contributed by atoms with Crippen LogP contribution < -0.4 is 15.5 Å². The van der Waals surface area contributed by atoms with E-state index in [1.165, 1.54) is 37.6 Å². The van der Waals surface area contributed by atoms with Crippen LogP contribution in [0.15, 0.2) is 47.6 Å². The van der Waals surface area contributed by atoms with E-state index in [1.54, 1.807) is 6.07 Å². The number of phenolic OH excluding ortho intramolecular Hbond substituents is 1. The number of methoxy groups -OCH3 is 1. The minimum atomic E-state index is -4.45. The summed E-state index contributed by atoms with van der Waals surface area (Å²) in [5, 5.41) is 15.9. The lowest BCUT2D eigenvalue weighted by molar-refractivity contribution is -0.137. The zero-order valence-corrected chi connectivity index (χ0v) is 13.7. The Bertz CT molecular complexity index is 807. The molecule has 0 spiro atoms. The second kappa shape index (κ2) is 8.24. The number of ether oxygens (including phenoxy) is 1. The van der Waals surface area contributed by atoms with Crippen molar-refractivity contribution in [1.82, 2.24) is 5.43 Å². The van der Waals surface area contributed by atoms with Crippen molar-refractivity contribution in [3.8, 4) is 11.5 Å². The number of hydrazone groups is 1. The molecule has 2 aromatic carbocycles. The molecule has 0 aliphatic rings. The summed E-state index contributed by atoms with van der Waals surface area (Å²) in [5.41, 5.74) is 2.11. The van der Waals surface area contributed by atoms with Crippen LogP contribution in [0.2, 0.25) is 0 Å². The van der Waals surface area contributed by atoms with Gasteiger partial charge in [0, 0.05) is 5.69 Å². The molecule has 3 N–H and O–H groups in total. The molecule has 0 radical (unpaired) electrons. The Kier molecular flexibility index (Phi) is 6.05. The smallest absolute Gasteiger partial charge is 0.416 e. The Balaban J connectivity index is 1.87. The molecule has 2 aromatic rings. The monoisotopic (exact) mass is 367 g/mol. The van der Waals surface area contributed by atoms with Crippen LogP contribution in [-0.4, -0.2) is 30.9 Å². The van der Waals surface area contributed by atoms with Crippen molar-refractivity contribution in [3.63, 3.8) is 0 Å². The summed E-state index contributed by atoms with van der Waals surface area (Å²) in [7, 11) is 1.42. The van der Waals surface area contributed by atoms with Gasteiger partial charge in [-0.2, -0.15) is 18.3 Å². The molecule has 0 fully saturated rings. The molecule has 26 heavy (non-hydrogen) atoms. The van der Waals surface area contributed by atoms with Gasteiger partial charge in [-0.3, -0.25) is 4.79 Å². The van der Waals surface area contributed by atoms with E-state index in [1.807, 2.05) is 0 Å². The Labute approximate surface area is 147 Å². The summed E-state index contributed by atoms with van der Waals surface area (Å²) in [6, 6.07) is 9.08. The topological polar surface area (TPSA) is 83.0 Å². The van der Waals surface area contributed by atoms with Crippen LogP contribution in [-0.2, 0) is 11.0 Å². The van der Waals surface area contributed by atoms with Crippen molar-refractivity contribution in [3.05, 3.63) is 53.6 Å². The van der Waals surface area contributed by atoms with Gasteiger partial charge in [-0.25, -0.2) is 5.43 Å². The number of rotatable bonds is 6. The van der Waals surface area contributed by atoms with Crippen LogP contribution >= 0.6 is 0 Å². The number of amides is 1. The number of nitrogens with zero attached hydrogens (tertiary/aromatic N) is 1. The third kappa shape index (κ3) is 5.40. The highest BCUT2D eigenvalue weighted by atomic mass is 19.4. The zero-order chi connectivity index (χ0) is 19.2. The van der Waals surface area contributed by atoms with Gasteiger partial charge in [0.2, 0.25) is 0 Å². The number of aromatic hydroxyl groups is 1. The van der Waals surface area contributed by atoms with Crippen molar-refractivity contribution in [2.45, 2.75) is 6.18 Å². The average molecular weight is 367 g/mol. The third-order valence-corrected chi connectivity index (χ3v) is 3.25. The lowest BCUT2D eigenvalue weighted by Gasteiger charge is -2.10. The Hall–Kier alpha value is -3.23. The molecule has 0 aromatic heterocycles. The highest BCUT2D eigenvalue weighted by Crippen LogP contribution is 2.30. The summed E-state index contributed by atoms with van der Waals surface area (Å²) in [6.45, 7) is -0.257. The van der Waals surface area contributed by atoms with Crippen LogP contribution in [0.4, 0.5) is 18.9 Å². The van der Waals surface area contributed by atoms with Gasteiger partial charge < -0.3 is 15.2 Å². The largest absolute Gasteiger partial charge is 0.504 e. The second-order valence-electron chi connectivity index (χ2n) is 5.16. The maximum Gasteiger partial charge on any atom is 0.416 e. The van der Waals surface area contributed by atoms with Crippen molar-refractivity contribution in [2.24, 2.45) is 5.10 Å². The second-order valence-corrected chi connectivity index (χ2v) is 5.16. The van der Waals surface area contributed by atoms with E-state index in [4.69, 9.17) is 4.74 Å². The fraction of sp³-hybridized carbons (Fsp3) is 0.176. The highest BCUT2D eigenvalue weighted by molar-refractivity contribution is 5.84. The zero-order valence-electron chi connectivity index (χ0n) is 13.7. The first-order chi connectivity index (χ1) is 12.3. The molecule has 9 heteroatoms. The van der Waals surface area contributed by atoms with Crippen LogP contribution in [0.5, 0.6) is 11.5 Å². The number of hydrogen-bond acceptors (Lipinski definition) is 5. The summed E-state index contributed by atoms with van der Waals surface area (Å²) in [4.78, 5) is 11.7. The van der Waals surface area contributed by atoms with Crippen LogP contribution in [0.25, 0.3) is 0 Å². The molecule has 138 valence electrons. The Morgan fingerprint density at radius 3 is 2.69 bits per heavy atom. The number of alkyl halides is 3. The van der Waals surface area contributed by atoms with Crippen molar-refractivity contribution >= 4 is 17.8 Å². The molecule has 0 heterocycles. The van der Waals surface area contributed by atoms with Crippen LogP contribution in [0, 0.1) is 0 Å². The first kappa shape index (κ1) is 19.1. The predicted molar refractivity (Wildman–Crippen MR) is 90.3 cm³/mol. The average Bonchev–Trinajstić information content (AvgIpc) is 2.60. The maximum atomic E-state index is 12.6. The van der Waals surface area contributed by atoms with Gasteiger partial charge in [-0.15, -0.1) is 0 Å². The lowest BCUT2D eigenvalue weighted by atomic mass is 10.2. The van der Waals surface area contributed by atoms with Crippen molar-refractivity contribution in [2.75, 3.05) is 19.0 Å². The van der Waals surface area contributed by atoms with E-state index in [2.05, 4.69) is 15.8 Å². The Morgan fingerprint density at radius 2 is 2.04 bits per heavy atom. The molecule has 6 nitrogen and oxygen atoms in total. The number of phenols is 1. The lowest BCUT2D eigenvalue weighted by Crippen LogP contribution is -2.26. The van der Waals surface area contributed by atoms with Gasteiger partial charge in [-0.05, 0) is 42.0 Å². The molecular formula is C17H16F3N3O3. The van der Waals surface area contributed by atoms with Crippen LogP contribution in [0.3, 0.4) is 0 Å². The molecule has 0 aliphatic carbocycles.